The molecule has 2 rings (SSSR count). The van der Waals surface area contributed by atoms with E-state index >= 15 is 0 Å². The van der Waals surface area contributed by atoms with Crippen molar-refractivity contribution >= 4 is 40.5 Å². The summed E-state index contributed by atoms with van der Waals surface area (Å²) in [7, 11) is 4.91. The van der Waals surface area contributed by atoms with Gasteiger partial charge >= 0.3 is 0 Å². The third-order valence-corrected chi connectivity index (χ3v) is 3.40. The van der Waals surface area contributed by atoms with Crippen LogP contribution in [-0.4, -0.2) is 26.3 Å². The zero-order valence-electron chi connectivity index (χ0n) is 11.8. The molecule has 0 unspecified atom stereocenters. The summed E-state index contributed by atoms with van der Waals surface area (Å²) in [4.78, 5) is 4.33. The molecule has 1 heterocycles. The first-order valence-electron chi connectivity index (χ1n) is 6.12. The normalized spacial score (nSPS) is 10.1. The van der Waals surface area contributed by atoms with Crippen LogP contribution in [-0.2, 0) is 0 Å². The number of pyridine rings is 1. The van der Waals surface area contributed by atoms with Gasteiger partial charge in [-0.05, 0) is 18.2 Å². The number of halogens is 2. The molecule has 0 saturated carbocycles. The van der Waals surface area contributed by atoms with E-state index in [-0.39, 0.29) is 0 Å². The maximum Gasteiger partial charge on any atom is 0.151 e. The number of aromatic nitrogens is 1. The zero-order valence-corrected chi connectivity index (χ0v) is 13.3. The molecule has 0 aliphatic heterocycles. The number of ether oxygens (including phenoxy) is 2. The van der Waals surface area contributed by atoms with Gasteiger partial charge in [-0.3, -0.25) is 0 Å². The molecule has 0 saturated heterocycles. The average molecular weight is 328 g/mol. The highest BCUT2D eigenvalue weighted by Gasteiger charge is 2.11. The van der Waals surface area contributed by atoms with E-state index in [1.54, 1.807) is 33.4 Å². The summed E-state index contributed by atoms with van der Waals surface area (Å²) in [6, 6.07) is 7.03. The van der Waals surface area contributed by atoms with Gasteiger partial charge in [0.15, 0.2) is 5.82 Å². The first kappa shape index (κ1) is 15.5. The van der Waals surface area contributed by atoms with Crippen molar-refractivity contribution < 1.29 is 9.47 Å². The highest BCUT2D eigenvalue weighted by molar-refractivity contribution is 6.37. The number of hydrogen-bond donors (Lipinski definition) is 2. The molecular formula is C14H15Cl2N3O2. The van der Waals surface area contributed by atoms with Gasteiger partial charge in [-0.25, -0.2) is 4.98 Å². The van der Waals surface area contributed by atoms with E-state index < -0.39 is 0 Å². The van der Waals surface area contributed by atoms with Gasteiger partial charge in [0.1, 0.15) is 17.3 Å². The quantitative estimate of drug-likeness (QED) is 0.862. The van der Waals surface area contributed by atoms with Crippen LogP contribution in [0.25, 0.3) is 0 Å². The van der Waals surface area contributed by atoms with Crippen LogP contribution in [0.1, 0.15) is 0 Å². The van der Waals surface area contributed by atoms with Crippen LogP contribution in [0.4, 0.5) is 17.3 Å². The molecule has 21 heavy (non-hydrogen) atoms. The van der Waals surface area contributed by atoms with E-state index in [4.69, 9.17) is 32.7 Å². The van der Waals surface area contributed by atoms with Gasteiger partial charge in [-0.15, -0.1) is 0 Å². The van der Waals surface area contributed by atoms with E-state index in [1.807, 2.05) is 12.1 Å². The van der Waals surface area contributed by atoms with E-state index in [2.05, 4.69) is 15.6 Å². The van der Waals surface area contributed by atoms with Crippen molar-refractivity contribution in [2.75, 3.05) is 31.9 Å². The van der Waals surface area contributed by atoms with Crippen LogP contribution in [0.15, 0.2) is 24.3 Å². The number of hydrogen-bond acceptors (Lipinski definition) is 5. The van der Waals surface area contributed by atoms with E-state index in [1.165, 1.54) is 0 Å². The molecule has 2 aromatic rings. The fourth-order valence-electron chi connectivity index (χ4n) is 1.76. The summed E-state index contributed by atoms with van der Waals surface area (Å²) >= 11 is 12.2. The number of nitrogens with one attached hydrogen (secondary N) is 2. The lowest BCUT2D eigenvalue weighted by molar-refractivity contribution is 0.395. The summed E-state index contributed by atoms with van der Waals surface area (Å²) in [5.74, 6) is 2.33. The maximum absolute atomic E-state index is 6.16. The summed E-state index contributed by atoms with van der Waals surface area (Å²) in [6.07, 6.45) is 0. The van der Waals surface area contributed by atoms with Gasteiger partial charge < -0.3 is 20.1 Å². The highest BCUT2D eigenvalue weighted by Crippen LogP contribution is 2.35. The molecule has 5 nitrogen and oxygen atoms in total. The van der Waals surface area contributed by atoms with Gasteiger partial charge in [0.2, 0.25) is 0 Å². The second kappa shape index (κ2) is 6.74. The molecule has 0 spiro atoms. The minimum atomic E-state index is 0.414. The second-order valence-corrected chi connectivity index (χ2v) is 4.90. The largest absolute Gasteiger partial charge is 0.497 e. The lowest BCUT2D eigenvalue weighted by Gasteiger charge is -2.14. The van der Waals surface area contributed by atoms with Crippen molar-refractivity contribution in [1.29, 1.82) is 0 Å². The van der Waals surface area contributed by atoms with Crippen LogP contribution in [0.3, 0.4) is 0 Å². The Morgan fingerprint density at radius 3 is 2.33 bits per heavy atom. The van der Waals surface area contributed by atoms with Crippen LogP contribution in [0.5, 0.6) is 11.5 Å². The molecule has 0 atom stereocenters. The van der Waals surface area contributed by atoms with E-state index in [0.717, 1.165) is 5.69 Å². The fraction of sp³-hybridized carbons (Fsp3) is 0.214. The van der Waals surface area contributed by atoms with Gasteiger partial charge in [0, 0.05) is 13.1 Å². The number of methoxy groups -OCH3 is 2. The van der Waals surface area contributed by atoms with Crippen molar-refractivity contribution in [3.8, 4) is 11.5 Å². The lowest BCUT2D eigenvalue weighted by Crippen LogP contribution is -2.01. The van der Waals surface area contributed by atoms with Crippen LogP contribution < -0.4 is 20.1 Å². The Labute approximate surface area is 133 Å². The van der Waals surface area contributed by atoms with Crippen LogP contribution in [0.2, 0.25) is 10.0 Å². The molecule has 0 fully saturated rings. The smallest absolute Gasteiger partial charge is 0.151 e. The van der Waals surface area contributed by atoms with Crippen molar-refractivity contribution in [2.45, 2.75) is 0 Å². The van der Waals surface area contributed by atoms with Crippen molar-refractivity contribution in [3.05, 3.63) is 34.3 Å². The lowest BCUT2D eigenvalue weighted by atomic mass is 10.2. The Morgan fingerprint density at radius 1 is 1.00 bits per heavy atom. The number of nitrogens with zero attached hydrogens (tertiary/aromatic N) is 1. The fourth-order valence-corrected chi connectivity index (χ4v) is 2.26. The molecule has 2 N–H and O–H groups in total. The van der Waals surface area contributed by atoms with E-state index in [0.29, 0.717) is 33.2 Å². The molecule has 1 aromatic heterocycles. The first-order chi connectivity index (χ1) is 10.1. The molecule has 0 bridgehead atoms. The third kappa shape index (κ3) is 3.43. The highest BCUT2D eigenvalue weighted by atomic mass is 35.5. The predicted octanol–water partition coefficient (Wildman–Crippen LogP) is 4.19. The summed E-state index contributed by atoms with van der Waals surface area (Å²) < 4.78 is 10.5. The number of benzene rings is 1. The molecule has 1 aromatic carbocycles. The zero-order chi connectivity index (χ0) is 15.4. The van der Waals surface area contributed by atoms with Crippen LogP contribution in [0, 0.1) is 0 Å². The van der Waals surface area contributed by atoms with Gasteiger partial charge in [0.25, 0.3) is 0 Å². The number of rotatable bonds is 5. The molecule has 7 heteroatoms. The molecule has 0 aliphatic rings. The average Bonchev–Trinajstić information content (AvgIpc) is 2.50. The monoisotopic (exact) mass is 327 g/mol. The maximum atomic E-state index is 6.16. The summed E-state index contributed by atoms with van der Waals surface area (Å²) in [6.45, 7) is 0. The minimum Gasteiger partial charge on any atom is -0.497 e. The second-order valence-electron chi connectivity index (χ2n) is 4.09. The van der Waals surface area contributed by atoms with Gasteiger partial charge in [-0.1, -0.05) is 23.2 Å². The molecule has 0 aliphatic carbocycles. The Bertz CT molecular complexity index is 650. The summed E-state index contributed by atoms with van der Waals surface area (Å²) in [5, 5.41) is 6.89. The Morgan fingerprint density at radius 2 is 1.71 bits per heavy atom. The van der Waals surface area contributed by atoms with Crippen molar-refractivity contribution in [2.24, 2.45) is 0 Å². The Kier molecular flexibility index (Phi) is 4.98. The standard InChI is InChI=1S/C14H15Cl2N3O2/c1-17-13-9(15)7-10(16)14(19-13)18-11-5-4-8(20-2)6-12(11)21-3/h4-7H,1-3H3,(H2,17,18,19). The minimum absolute atomic E-state index is 0.414. The third-order valence-electron chi connectivity index (χ3n) is 2.83. The van der Waals surface area contributed by atoms with Crippen molar-refractivity contribution in [1.82, 2.24) is 4.98 Å². The van der Waals surface area contributed by atoms with Gasteiger partial charge in [-0.2, -0.15) is 0 Å². The van der Waals surface area contributed by atoms with Gasteiger partial charge in [0.05, 0.1) is 30.0 Å². The molecular weight excluding hydrogens is 313 g/mol. The van der Waals surface area contributed by atoms with Crippen molar-refractivity contribution in [3.63, 3.8) is 0 Å². The number of anilines is 3. The topological polar surface area (TPSA) is 55.4 Å². The van der Waals surface area contributed by atoms with Crippen LogP contribution >= 0.6 is 23.2 Å². The summed E-state index contributed by atoms with van der Waals surface area (Å²) in [5.41, 5.74) is 0.720. The van der Waals surface area contributed by atoms with E-state index in [9.17, 15) is 0 Å². The Hall–Kier alpha value is -1.85. The molecule has 112 valence electrons. The Balaban J connectivity index is 2.38. The predicted molar refractivity (Wildman–Crippen MR) is 86.6 cm³/mol. The molecule has 0 amide bonds. The first-order valence-corrected chi connectivity index (χ1v) is 6.87. The SMILES string of the molecule is CNc1nc(Nc2ccc(OC)cc2OC)c(Cl)cc1Cl. The molecule has 0 radical (unpaired) electrons.